The van der Waals surface area contributed by atoms with Crippen LogP contribution in [0.5, 0.6) is 11.6 Å². The summed E-state index contributed by atoms with van der Waals surface area (Å²) in [5.41, 5.74) is 8.30. The summed E-state index contributed by atoms with van der Waals surface area (Å²) >= 11 is 0. The van der Waals surface area contributed by atoms with E-state index in [0.29, 0.717) is 48.4 Å². The van der Waals surface area contributed by atoms with Gasteiger partial charge in [0.15, 0.2) is 0 Å². The first kappa shape index (κ1) is 25.2. The van der Waals surface area contributed by atoms with Crippen LogP contribution in [0.3, 0.4) is 0 Å². The quantitative estimate of drug-likeness (QED) is 0.417. The van der Waals surface area contributed by atoms with Crippen molar-refractivity contribution in [3.63, 3.8) is 0 Å². The summed E-state index contributed by atoms with van der Waals surface area (Å²) in [5.74, 6) is -0.710. The maximum Gasteiger partial charge on any atom is 0.260 e. The molecule has 0 spiro atoms. The van der Waals surface area contributed by atoms with E-state index in [0.717, 1.165) is 11.3 Å². The third-order valence-corrected chi connectivity index (χ3v) is 6.20. The number of rotatable bonds is 5. The van der Waals surface area contributed by atoms with Gasteiger partial charge in [0.05, 0.1) is 5.52 Å². The van der Waals surface area contributed by atoms with E-state index in [-0.39, 0.29) is 29.8 Å². The number of amides is 2. The summed E-state index contributed by atoms with van der Waals surface area (Å²) < 4.78 is 22.3. The molecule has 0 saturated carbocycles. The zero-order valence-corrected chi connectivity index (χ0v) is 20.5. The van der Waals surface area contributed by atoms with Gasteiger partial charge in [-0.1, -0.05) is 24.3 Å². The van der Waals surface area contributed by atoms with E-state index in [1.165, 1.54) is 12.1 Å². The molecule has 7 nitrogen and oxygen atoms in total. The number of fused-ring (bicyclic) bond motifs is 1. The Kier molecular flexibility index (Phi) is 7.28. The highest BCUT2D eigenvalue weighted by molar-refractivity contribution is 6.12. The number of para-hydroxylation sites is 1. The monoisotopic (exact) mass is 508 g/mol. The Bertz CT molecular complexity index is 1430. The maximum absolute atomic E-state index is 14.1. The van der Waals surface area contributed by atoms with Gasteiger partial charge in [-0.3, -0.25) is 14.2 Å². The van der Waals surface area contributed by atoms with Gasteiger partial charge in [-0.15, -0.1) is 12.4 Å². The SMILES string of the molecule is Cc1ccc(F)cc1Oc1c(C(=O)N2CCNCC2)c2cc(C(N)=O)ccc2n1-c1ccccc1.Cl. The highest BCUT2D eigenvalue weighted by Crippen LogP contribution is 2.40. The second-order valence-corrected chi connectivity index (χ2v) is 8.50. The number of aryl methyl sites for hydroxylation is 1. The minimum absolute atomic E-state index is 0. The van der Waals surface area contributed by atoms with Gasteiger partial charge in [0, 0.05) is 48.9 Å². The lowest BCUT2D eigenvalue weighted by Crippen LogP contribution is -2.46. The minimum atomic E-state index is -0.594. The van der Waals surface area contributed by atoms with Crippen molar-refractivity contribution < 1.29 is 18.7 Å². The predicted octanol–water partition coefficient (Wildman–Crippen LogP) is 4.44. The van der Waals surface area contributed by atoms with Gasteiger partial charge in [0.1, 0.15) is 17.1 Å². The summed E-state index contributed by atoms with van der Waals surface area (Å²) in [5, 5.41) is 3.79. The first-order valence-electron chi connectivity index (χ1n) is 11.4. The molecular weight excluding hydrogens is 483 g/mol. The molecule has 0 unspecified atom stereocenters. The number of hydrogen-bond acceptors (Lipinski definition) is 4. The Labute approximate surface area is 214 Å². The van der Waals surface area contributed by atoms with Crippen molar-refractivity contribution >= 4 is 35.1 Å². The van der Waals surface area contributed by atoms with Crippen molar-refractivity contribution in [2.45, 2.75) is 6.92 Å². The average molecular weight is 509 g/mol. The number of carbonyl (C=O) groups excluding carboxylic acids is 2. The number of carbonyl (C=O) groups is 2. The lowest BCUT2D eigenvalue weighted by atomic mass is 10.1. The van der Waals surface area contributed by atoms with E-state index < -0.39 is 11.7 Å². The molecule has 0 radical (unpaired) electrons. The number of nitrogens with one attached hydrogen (secondary N) is 1. The van der Waals surface area contributed by atoms with Crippen LogP contribution in [0, 0.1) is 12.7 Å². The van der Waals surface area contributed by atoms with Gasteiger partial charge in [-0.2, -0.15) is 0 Å². The number of nitrogens with zero attached hydrogens (tertiary/aromatic N) is 2. The Balaban J connectivity index is 0.00000304. The molecule has 1 saturated heterocycles. The van der Waals surface area contributed by atoms with Gasteiger partial charge in [-0.25, -0.2) is 4.39 Å². The molecule has 2 heterocycles. The molecule has 1 aromatic heterocycles. The van der Waals surface area contributed by atoms with Crippen molar-refractivity contribution in [3.8, 4) is 17.3 Å². The van der Waals surface area contributed by atoms with E-state index in [4.69, 9.17) is 10.5 Å². The van der Waals surface area contributed by atoms with Gasteiger partial charge < -0.3 is 20.7 Å². The number of halogens is 2. The summed E-state index contributed by atoms with van der Waals surface area (Å²) in [6.45, 7) is 4.23. The topological polar surface area (TPSA) is 89.6 Å². The summed E-state index contributed by atoms with van der Waals surface area (Å²) in [6.07, 6.45) is 0. The molecule has 36 heavy (non-hydrogen) atoms. The van der Waals surface area contributed by atoms with Crippen molar-refractivity contribution in [1.82, 2.24) is 14.8 Å². The fourth-order valence-corrected chi connectivity index (χ4v) is 4.37. The van der Waals surface area contributed by atoms with Crippen LogP contribution in [-0.4, -0.2) is 47.5 Å². The molecule has 186 valence electrons. The van der Waals surface area contributed by atoms with Crippen molar-refractivity contribution in [2.75, 3.05) is 26.2 Å². The van der Waals surface area contributed by atoms with Gasteiger partial charge in [0.25, 0.3) is 5.91 Å². The lowest BCUT2D eigenvalue weighted by molar-refractivity contribution is 0.0734. The summed E-state index contributed by atoms with van der Waals surface area (Å²) in [7, 11) is 0. The Morgan fingerprint density at radius 3 is 2.42 bits per heavy atom. The largest absolute Gasteiger partial charge is 0.439 e. The van der Waals surface area contributed by atoms with Crippen LogP contribution in [0.25, 0.3) is 16.6 Å². The Hall–Kier alpha value is -3.88. The van der Waals surface area contributed by atoms with Crippen LogP contribution in [0.15, 0.2) is 66.7 Å². The van der Waals surface area contributed by atoms with E-state index in [9.17, 15) is 14.0 Å². The van der Waals surface area contributed by atoms with Crippen LogP contribution in [0.4, 0.5) is 4.39 Å². The second kappa shape index (κ2) is 10.4. The normalized spacial score (nSPS) is 13.3. The van der Waals surface area contributed by atoms with E-state index >= 15 is 0 Å². The zero-order valence-electron chi connectivity index (χ0n) is 19.7. The predicted molar refractivity (Wildman–Crippen MR) is 139 cm³/mol. The number of aromatic nitrogens is 1. The van der Waals surface area contributed by atoms with E-state index in [1.54, 1.807) is 29.2 Å². The summed E-state index contributed by atoms with van der Waals surface area (Å²) in [6, 6.07) is 18.7. The molecule has 3 N–H and O–H groups in total. The average Bonchev–Trinajstić information content (AvgIpc) is 3.19. The molecule has 0 bridgehead atoms. The van der Waals surface area contributed by atoms with Crippen LogP contribution >= 0.6 is 12.4 Å². The van der Waals surface area contributed by atoms with E-state index in [2.05, 4.69) is 5.32 Å². The van der Waals surface area contributed by atoms with Crippen LogP contribution in [0.2, 0.25) is 0 Å². The first-order valence-corrected chi connectivity index (χ1v) is 11.4. The third-order valence-electron chi connectivity index (χ3n) is 6.20. The number of ether oxygens (including phenoxy) is 1. The number of nitrogens with two attached hydrogens (primary N) is 1. The molecule has 0 atom stereocenters. The minimum Gasteiger partial charge on any atom is -0.439 e. The lowest BCUT2D eigenvalue weighted by Gasteiger charge is -2.27. The van der Waals surface area contributed by atoms with Crippen molar-refractivity contribution in [3.05, 3.63) is 89.2 Å². The Morgan fingerprint density at radius 1 is 1.00 bits per heavy atom. The third kappa shape index (κ3) is 4.65. The van der Waals surface area contributed by atoms with Gasteiger partial charge in [-0.05, 0) is 48.9 Å². The van der Waals surface area contributed by atoms with Crippen LogP contribution < -0.4 is 15.8 Å². The molecule has 1 aliphatic heterocycles. The molecule has 4 aromatic rings. The fraction of sp³-hybridized carbons (Fsp3) is 0.185. The highest BCUT2D eigenvalue weighted by Gasteiger charge is 2.30. The molecule has 3 aromatic carbocycles. The van der Waals surface area contributed by atoms with Crippen LogP contribution in [0.1, 0.15) is 26.3 Å². The van der Waals surface area contributed by atoms with Crippen molar-refractivity contribution in [2.24, 2.45) is 5.73 Å². The smallest absolute Gasteiger partial charge is 0.260 e. The Morgan fingerprint density at radius 2 is 1.72 bits per heavy atom. The molecule has 1 fully saturated rings. The van der Waals surface area contributed by atoms with Crippen LogP contribution in [-0.2, 0) is 0 Å². The van der Waals surface area contributed by atoms with Crippen molar-refractivity contribution in [1.29, 1.82) is 0 Å². The van der Waals surface area contributed by atoms with Gasteiger partial charge in [0.2, 0.25) is 11.8 Å². The van der Waals surface area contributed by atoms with Gasteiger partial charge >= 0.3 is 0 Å². The molecule has 2 amide bonds. The zero-order chi connectivity index (χ0) is 24.5. The number of benzene rings is 3. The highest BCUT2D eigenvalue weighted by atomic mass is 35.5. The standard InChI is InChI=1S/C27H25FN4O3.ClH/c1-17-7-9-19(28)16-23(17)35-27-24(26(34)31-13-11-30-12-14-31)21-15-18(25(29)33)8-10-22(21)32(27)20-5-3-2-4-6-20;/h2-10,15-16,30H,11-14H2,1H3,(H2,29,33);1H. The summed E-state index contributed by atoms with van der Waals surface area (Å²) in [4.78, 5) is 27.7. The van der Waals surface area contributed by atoms with E-state index in [1.807, 2.05) is 41.8 Å². The maximum atomic E-state index is 14.1. The number of hydrogen-bond donors (Lipinski definition) is 2. The molecule has 1 aliphatic rings. The number of piperazine rings is 1. The molecule has 0 aliphatic carbocycles. The molecular formula is C27H26ClFN4O3. The second-order valence-electron chi connectivity index (χ2n) is 8.50. The number of primary amides is 1. The fourth-order valence-electron chi connectivity index (χ4n) is 4.37. The molecule has 9 heteroatoms. The molecule has 5 rings (SSSR count). The first-order chi connectivity index (χ1) is 16.9.